The average molecular weight is 220 g/mol. The van der Waals surface area contributed by atoms with Gasteiger partial charge in [-0.05, 0) is 58.4 Å². The molecule has 0 fully saturated rings. The molecule has 2 unspecified atom stereocenters. The molecule has 0 aliphatic carbocycles. The summed E-state index contributed by atoms with van der Waals surface area (Å²) in [7, 11) is 0. The molecule has 0 heterocycles. The zero-order valence-corrected chi connectivity index (χ0v) is 12.1. The van der Waals surface area contributed by atoms with Crippen LogP contribution in [-0.2, 0) is 0 Å². The van der Waals surface area contributed by atoms with Crippen LogP contribution in [-0.4, -0.2) is 0 Å². The van der Waals surface area contributed by atoms with E-state index in [1.165, 1.54) is 23.1 Å². The van der Waals surface area contributed by atoms with Crippen LogP contribution in [0.15, 0.2) is 34.9 Å². The topological polar surface area (TPSA) is 0 Å². The molecule has 0 aromatic heterocycles. The Bertz CT molecular complexity index is 285. The van der Waals surface area contributed by atoms with Crippen molar-refractivity contribution in [2.24, 2.45) is 11.8 Å². The van der Waals surface area contributed by atoms with Crippen molar-refractivity contribution in [3.05, 3.63) is 34.9 Å². The first-order valence-electron chi connectivity index (χ1n) is 6.39. The maximum Gasteiger partial charge on any atom is -0.0176 e. The smallest absolute Gasteiger partial charge is 0.0176 e. The summed E-state index contributed by atoms with van der Waals surface area (Å²) in [6, 6.07) is 0. The minimum Gasteiger partial charge on any atom is -0.0914 e. The van der Waals surface area contributed by atoms with Gasteiger partial charge in [-0.3, -0.25) is 0 Å². The predicted octanol–water partition coefficient (Wildman–Crippen LogP) is 5.53. The van der Waals surface area contributed by atoms with Gasteiger partial charge in [-0.2, -0.15) is 0 Å². The maximum atomic E-state index is 2.41. The van der Waals surface area contributed by atoms with Gasteiger partial charge >= 0.3 is 0 Å². The van der Waals surface area contributed by atoms with Gasteiger partial charge in [0.15, 0.2) is 0 Å². The first kappa shape index (κ1) is 15.2. The summed E-state index contributed by atoms with van der Waals surface area (Å²) >= 11 is 0. The fraction of sp³-hybridized carbons (Fsp3) is 0.625. The quantitative estimate of drug-likeness (QED) is 0.422. The third-order valence-corrected chi connectivity index (χ3v) is 3.44. The highest BCUT2D eigenvalue weighted by molar-refractivity contribution is 5.31. The van der Waals surface area contributed by atoms with E-state index in [0.717, 1.165) is 0 Å². The summed E-state index contributed by atoms with van der Waals surface area (Å²) in [6.45, 7) is 15.5. The lowest BCUT2D eigenvalue weighted by molar-refractivity contribution is 0.494. The maximum absolute atomic E-state index is 2.41. The third-order valence-electron chi connectivity index (χ3n) is 3.44. The van der Waals surface area contributed by atoms with Gasteiger partial charge in [0.25, 0.3) is 0 Å². The minimum atomic E-state index is 0.621. The van der Waals surface area contributed by atoms with Crippen LogP contribution in [0.3, 0.4) is 0 Å². The second-order valence-electron chi connectivity index (χ2n) is 4.93. The van der Waals surface area contributed by atoms with Gasteiger partial charge in [-0.25, -0.2) is 0 Å². The van der Waals surface area contributed by atoms with Gasteiger partial charge in [0.1, 0.15) is 0 Å². The Balaban J connectivity index is 4.82. The van der Waals surface area contributed by atoms with E-state index in [1.54, 1.807) is 0 Å². The van der Waals surface area contributed by atoms with Crippen molar-refractivity contribution >= 4 is 0 Å². The molecular formula is C16H28. The van der Waals surface area contributed by atoms with E-state index in [2.05, 4.69) is 66.7 Å². The first-order chi connectivity index (χ1) is 7.43. The van der Waals surface area contributed by atoms with Crippen LogP contribution in [0.25, 0.3) is 0 Å². The summed E-state index contributed by atoms with van der Waals surface area (Å²) < 4.78 is 0. The standard InChI is InChI=1S/C16H28/c1-8-10-16(9-2)14(6)11-13(5)15(7)12(3)4/h8,10-11,14,16H,9H2,1-7H3. The van der Waals surface area contributed by atoms with Crippen molar-refractivity contribution < 1.29 is 0 Å². The van der Waals surface area contributed by atoms with Crippen LogP contribution in [0.1, 0.15) is 54.9 Å². The molecule has 0 heteroatoms. The Morgan fingerprint density at radius 1 is 1.12 bits per heavy atom. The van der Waals surface area contributed by atoms with E-state index >= 15 is 0 Å². The third kappa shape index (κ3) is 4.83. The van der Waals surface area contributed by atoms with E-state index in [4.69, 9.17) is 0 Å². The van der Waals surface area contributed by atoms with Gasteiger partial charge in [0.05, 0.1) is 0 Å². The highest BCUT2D eigenvalue weighted by Gasteiger charge is 2.10. The molecule has 0 aliphatic rings. The molecule has 0 nitrogen and oxygen atoms in total. The molecule has 92 valence electrons. The van der Waals surface area contributed by atoms with Gasteiger partial charge in [-0.1, -0.05) is 43.2 Å². The SMILES string of the molecule is CC=CC(CC)C(C)C=C(C)C(C)=C(C)C. The molecule has 0 amide bonds. The van der Waals surface area contributed by atoms with Gasteiger partial charge in [0, 0.05) is 0 Å². The summed E-state index contributed by atoms with van der Waals surface area (Å²) in [5.41, 5.74) is 4.28. The Morgan fingerprint density at radius 3 is 2.06 bits per heavy atom. The van der Waals surface area contributed by atoms with Crippen molar-refractivity contribution in [2.45, 2.75) is 54.9 Å². The summed E-state index contributed by atoms with van der Waals surface area (Å²) in [5.74, 6) is 1.29. The van der Waals surface area contributed by atoms with Crippen molar-refractivity contribution in [3.8, 4) is 0 Å². The Kier molecular flexibility index (Phi) is 7.12. The van der Waals surface area contributed by atoms with E-state index in [9.17, 15) is 0 Å². The van der Waals surface area contributed by atoms with E-state index in [1.807, 2.05) is 0 Å². The fourth-order valence-electron chi connectivity index (χ4n) is 1.97. The second-order valence-corrected chi connectivity index (χ2v) is 4.93. The lowest BCUT2D eigenvalue weighted by Crippen LogP contribution is -2.06. The normalized spacial score (nSPS) is 16.3. The molecular weight excluding hydrogens is 192 g/mol. The second kappa shape index (κ2) is 7.49. The first-order valence-corrected chi connectivity index (χ1v) is 6.39. The highest BCUT2D eigenvalue weighted by Crippen LogP contribution is 2.23. The molecule has 0 spiro atoms. The van der Waals surface area contributed by atoms with Crippen LogP contribution < -0.4 is 0 Å². The molecule has 0 aromatic rings. The van der Waals surface area contributed by atoms with Gasteiger partial charge in [0.2, 0.25) is 0 Å². The van der Waals surface area contributed by atoms with Crippen molar-refractivity contribution in [1.82, 2.24) is 0 Å². The largest absolute Gasteiger partial charge is 0.0914 e. The van der Waals surface area contributed by atoms with Crippen molar-refractivity contribution in [3.63, 3.8) is 0 Å². The summed E-state index contributed by atoms with van der Waals surface area (Å²) in [6.07, 6.45) is 8.12. The number of hydrogen-bond donors (Lipinski definition) is 0. The molecule has 0 bridgehead atoms. The van der Waals surface area contributed by atoms with Crippen molar-refractivity contribution in [1.29, 1.82) is 0 Å². The lowest BCUT2D eigenvalue weighted by atomic mass is 9.88. The highest BCUT2D eigenvalue weighted by atomic mass is 14.2. The monoisotopic (exact) mass is 220 g/mol. The molecule has 0 rings (SSSR count). The van der Waals surface area contributed by atoms with Gasteiger partial charge in [-0.15, -0.1) is 0 Å². The lowest BCUT2D eigenvalue weighted by Gasteiger charge is -2.17. The van der Waals surface area contributed by atoms with Crippen LogP contribution in [0.4, 0.5) is 0 Å². The van der Waals surface area contributed by atoms with Crippen LogP contribution >= 0.6 is 0 Å². The Morgan fingerprint density at radius 2 is 1.69 bits per heavy atom. The van der Waals surface area contributed by atoms with Gasteiger partial charge < -0.3 is 0 Å². The van der Waals surface area contributed by atoms with Crippen LogP contribution in [0, 0.1) is 11.8 Å². The molecule has 0 radical (unpaired) electrons. The molecule has 0 aromatic carbocycles. The Labute approximate surface area is 102 Å². The van der Waals surface area contributed by atoms with E-state index in [0.29, 0.717) is 11.8 Å². The predicted molar refractivity (Wildman–Crippen MR) is 75.6 cm³/mol. The van der Waals surface area contributed by atoms with Crippen LogP contribution in [0.5, 0.6) is 0 Å². The zero-order chi connectivity index (χ0) is 12.7. The Hall–Kier alpha value is -0.780. The molecule has 0 saturated carbocycles. The number of hydrogen-bond acceptors (Lipinski definition) is 0. The molecule has 16 heavy (non-hydrogen) atoms. The molecule has 0 saturated heterocycles. The number of rotatable bonds is 5. The zero-order valence-electron chi connectivity index (χ0n) is 12.1. The summed E-state index contributed by atoms with van der Waals surface area (Å²) in [5, 5.41) is 0. The molecule has 0 N–H and O–H groups in total. The van der Waals surface area contributed by atoms with Crippen LogP contribution in [0.2, 0.25) is 0 Å². The molecule has 0 aliphatic heterocycles. The number of allylic oxidation sites excluding steroid dienone is 6. The average Bonchev–Trinajstić information content (AvgIpc) is 2.24. The van der Waals surface area contributed by atoms with E-state index in [-0.39, 0.29) is 0 Å². The molecule has 2 atom stereocenters. The van der Waals surface area contributed by atoms with Crippen molar-refractivity contribution in [2.75, 3.05) is 0 Å². The summed E-state index contributed by atoms with van der Waals surface area (Å²) in [4.78, 5) is 0. The fourth-order valence-corrected chi connectivity index (χ4v) is 1.97. The minimum absolute atomic E-state index is 0.621. The van der Waals surface area contributed by atoms with E-state index < -0.39 is 0 Å².